The summed E-state index contributed by atoms with van der Waals surface area (Å²) in [6.07, 6.45) is 5.21. The fourth-order valence-corrected chi connectivity index (χ4v) is 4.12. The van der Waals surface area contributed by atoms with Crippen molar-refractivity contribution in [3.05, 3.63) is 29.8 Å². The molecule has 4 unspecified atom stereocenters. The third-order valence-electron chi connectivity index (χ3n) is 5.63. The van der Waals surface area contributed by atoms with Crippen LogP contribution in [0.1, 0.15) is 51.0 Å². The second-order valence-corrected chi connectivity index (χ2v) is 6.91. The molecule has 2 N–H and O–H groups in total. The standard InChI is InChI=1S/C18H28N2/c1-13-7-8-16(11-14(13)2)20-12-15(9-10-19)17-5-3-4-6-18(17)20/h3-6,13-16H,7-12,19H2,1-2H3. The lowest BCUT2D eigenvalue weighted by Gasteiger charge is -2.39. The number of fused-ring (bicyclic) bond motifs is 1. The van der Waals surface area contributed by atoms with Gasteiger partial charge in [0.15, 0.2) is 0 Å². The van der Waals surface area contributed by atoms with Gasteiger partial charge in [0, 0.05) is 24.2 Å². The van der Waals surface area contributed by atoms with E-state index in [9.17, 15) is 0 Å². The SMILES string of the molecule is CC1CCC(N2CC(CCN)c3ccccc32)CC1C. The van der Waals surface area contributed by atoms with Crippen molar-refractivity contribution < 1.29 is 0 Å². The van der Waals surface area contributed by atoms with Gasteiger partial charge >= 0.3 is 0 Å². The van der Waals surface area contributed by atoms with Gasteiger partial charge in [-0.1, -0.05) is 32.0 Å². The molecule has 3 rings (SSSR count). The van der Waals surface area contributed by atoms with Crippen molar-refractivity contribution in [2.75, 3.05) is 18.0 Å². The summed E-state index contributed by atoms with van der Waals surface area (Å²) < 4.78 is 0. The predicted molar refractivity (Wildman–Crippen MR) is 86.2 cm³/mol. The zero-order valence-electron chi connectivity index (χ0n) is 12.9. The van der Waals surface area contributed by atoms with E-state index >= 15 is 0 Å². The second kappa shape index (κ2) is 5.77. The molecule has 2 nitrogen and oxygen atoms in total. The largest absolute Gasteiger partial charge is 0.368 e. The molecule has 0 amide bonds. The first-order valence-electron chi connectivity index (χ1n) is 8.26. The Morgan fingerprint density at radius 3 is 2.70 bits per heavy atom. The molecule has 2 heteroatoms. The van der Waals surface area contributed by atoms with Crippen LogP contribution in [0.5, 0.6) is 0 Å². The van der Waals surface area contributed by atoms with E-state index in [1.807, 2.05) is 0 Å². The first-order chi connectivity index (χ1) is 9.70. The third kappa shape index (κ3) is 2.46. The average Bonchev–Trinajstić information content (AvgIpc) is 2.82. The fraction of sp³-hybridized carbons (Fsp3) is 0.667. The van der Waals surface area contributed by atoms with Crippen LogP contribution in [0.3, 0.4) is 0 Å². The normalized spacial score (nSPS) is 33.2. The second-order valence-electron chi connectivity index (χ2n) is 6.91. The molecule has 0 spiro atoms. The van der Waals surface area contributed by atoms with Gasteiger partial charge in [0.2, 0.25) is 0 Å². The molecular weight excluding hydrogens is 244 g/mol. The summed E-state index contributed by atoms with van der Waals surface area (Å²) in [5, 5.41) is 0. The van der Waals surface area contributed by atoms with Crippen LogP contribution in [0.15, 0.2) is 24.3 Å². The van der Waals surface area contributed by atoms with Crippen molar-refractivity contribution >= 4 is 5.69 Å². The first-order valence-corrected chi connectivity index (χ1v) is 8.26. The van der Waals surface area contributed by atoms with E-state index in [0.29, 0.717) is 5.92 Å². The van der Waals surface area contributed by atoms with Crippen molar-refractivity contribution in [3.63, 3.8) is 0 Å². The van der Waals surface area contributed by atoms with Crippen molar-refractivity contribution in [2.24, 2.45) is 17.6 Å². The summed E-state index contributed by atoms with van der Waals surface area (Å²) in [4.78, 5) is 2.69. The van der Waals surface area contributed by atoms with Crippen LogP contribution in [-0.2, 0) is 0 Å². The Kier molecular flexibility index (Phi) is 4.02. The summed E-state index contributed by atoms with van der Waals surface area (Å²) in [5.41, 5.74) is 8.83. The molecule has 1 aliphatic heterocycles. The number of para-hydroxylation sites is 1. The highest BCUT2D eigenvalue weighted by Gasteiger charge is 2.35. The maximum absolute atomic E-state index is 5.81. The molecule has 20 heavy (non-hydrogen) atoms. The highest BCUT2D eigenvalue weighted by atomic mass is 15.2. The van der Waals surface area contributed by atoms with Crippen LogP contribution in [0.25, 0.3) is 0 Å². The summed E-state index contributed by atoms with van der Waals surface area (Å²) in [7, 11) is 0. The van der Waals surface area contributed by atoms with Gasteiger partial charge in [-0.2, -0.15) is 0 Å². The van der Waals surface area contributed by atoms with Gasteiger partial charge in [-0.3, -0.25) is 0 Å². The quantitative estimate of drug-likeness (QED) is 0.907. The van der Waals surface area contributed by atoms with E-state index in [1.165, 1.54) is 37.1 Å². The van der Waals surface area contributed by atoms with Crippen molar-refractivity contribution in [2.45, 2.75) is 51.5 Å². The van der Waals surface area contributed by atoms with Gasteiger partial charge in [-0.05, 0) is 55.7 Å². The lowest BCUT2D eigenvalue weighted by molar-refractivity contribution is 0.244. The molecule has 1 heterocycles. The molecule has 0 bridgehead atoms. The van der Waals surface area contributed by atoms with E-state index < -0.39 is 0 Å². The number of nitrogens with two attached hydrogens (primary N) is 1. The zero-order chi connectivity index (χ0) is 14.1. The summed E-state index contributed by atoms with van der Waals surface area (Å²) in [6.45, 7) is 6.82. The Morgan fingerprint density at radius 1 is 1.15 bits per heavy atom. The number of rotatable bonds is 3. The van der Waals surface area contributed by atoms with Crippen molar-refractivity contribution in [1.29, 1.82) is 0 Å². The molecule has 1 fully saturated rings. The smallest absolute Gasteiger partial charge is 0.0405 e. The van der Waals surface area contributed by atoms with Crippen molar-refractivity contribution in [1.82, 2.24) is 0 Å². The first kappa shape index (κ1) is 13.9. The molecule has 110 valence electrons. The van der Waals surface area contributed by atoms with Crippen LogP contribution in [-0.4, -0.2) is 19.1 Å². The molecule has 4 atom stereocenters. The van der Waals surface area contributed by atoms with Gasteiger partial charge in [0.25, 0.3) is 0 Å². The third-order valence-corrected chi connectivity index (χ3v) is 5.63. The number of nitrogens with zero attached hydrogens (tertiary/aromatic N) is 1. The van der Waals surface area contributed by atoms with E-state index in [0.717, 1.165) is 30.8 Å². The molecule has 0 saturated heterocycles. The highest BCUT2D eigenvalue weighted by Crippen LogP contribution is 2.42. The van der Waals surface area contributed by atoms with Crippen LogP contribution >= 0.6 is 0 Å². The maximum atomic E-state index is 5.81. The van der Waals surface area contributed by atoms with Crippen LogP contribution in [0, 0.1) is 11.8 Å². The minimum atomic E-state index is 0.644. The molecular formula is C18H28N2. The number of benzene rings is 1. The molecule has 1 aromatic rings. The van der Waals surface area contributed by atoms with Gasteiger partial charge < -0.3 is 10.6 Å². The van der Waals surface area contributed by atoms with E-state index in [4.69, 9.17) is 5.73 Å². The van der Waals surface area contributed by atoms with Crippen molar-refractivity contribution in [3.8, 4) is 0 Å². The maximum Gasteiger partial charge on any atom is 0.0405 e. The summed E-state index contributed by atoms with van der Waals surface area (Å²) >= 11 is 0. The van der Waals surface area contributed by atoms with Gasteiger partial charge in [0.05, 0.1) is 0 Å². The van der Waals surface area contributed by atoms with Gasteiger partial charge in [0.1, 0.15) is 0 Å². The highest BCUT2D eigenvalue weighted by molar-refractivity contribution is 5.61. The van der Waals surface area contributed by atoms with E-state index in [-0.39, 0.29) is 0 Å². The predicted octanol–water partition coefficient (Wildman–Crippen LogP) is 3.76. The van der Waals surface area contributed by atoms with Crippen LogP contribution in [0.4, 0.5) is 5.69 Å². The molecule has 0 aromatic heterocycles. The lowest BCUT2D eigenvalue weighted by Crippen LogP contribution is -2.39. The Balaban J connectivity index is 1.81. The Morgan fingerprint density at radius 2 is 1.95 bits per heavy atom. The molecule has 2 aliphatic rings. The average molecular weight is 272 g/mol. The monoisotopic (exact) mass is 272 g/mol. The van der Waals surface area contributed by atoms with Gasteiger partial charge in [-0.25, -0.2) is 0 Å². The molecule has 1 aliphatic carbocycles. The van der Waals surface area contributed by atoms with E-state index in [2.05, 4.69) is 43.0 Å². The Hall–Kier alpha value is -1.02. The number of hydrogen-bond acceptors (Lipinski definition) is 2. The fourth-order valence-electron chi connectivity index (χ4n) is 4.12. The minimum absolute atomic E-state index is 0.644. The van der Waals surface area contributed by atoms with Gasteiger partial charge in [-0.15, -0.1) is 0 Å². The van der Waals surface area contributed by atoms with Crippen LogP contribution in [0.2, 0.25) is 0 Å². The molecule has 1 aromatic carbocycles. The molecule has 0 radical (unpaired) electrons. The summed E-state index contributed by atoms with van der Waals surface area (Å²) in [5.74, 6) is 2.39. The topological polar surface area (TPSA) is 29.3 Å². The van der Waals surface area contributed by atoms with Crippen LogP contribution < -0.4 is 10.6 Å². The minimum Gasteiger partial charge on any atom is -0.368 e. The molecule has 1 saturated carbocycles. The summed E-state index contributed by atoms with van der Waals surface area (Å²) in [6, 6.07) is 9.73. The Bertz CT molecular complexity index is 456. The lowest BCUT2D eigenvalue weighted by atomic mass is 9.78. The van der Waals surface area contributed by atoms with E-state index in [1.54, 1.807) is 0 Å². The zero-order valence-corrected chi connectivity index (χ0v) is 12.9. The number of hydrogen-bond donors (Lipinski definition) is 1. The number of anilines is 1. The Labute approximate surface area is 123 Å².